The molecule has 0 radical (unpaired) electrons. The number of anilines is 1. The van der Waals surface area contributed by atoms with Crippen molar-refractivity contribution in [1.29, 1.82) is 0 Å². The fourth-order valence-corrected chi connectivity index (χ4v) is 3.61. The van der Waals surface area contributed by atoms with Gasteiger partial charge in [0.05, 0.1) is 16.8 Å². The van der Waals surface area contributed by atoms with Gasteiger partial charge in [0, 0.05) is 60.2 Å². The molecule has 33 heavy (non-hydrogen) atoms. The molecule has 1 amide bonds. The van der Waals surface area contributed by atoms with Gasteiger partial charge in [0.15, 0.2) is 0 Å². The number of carbonyl (C=O) groups excluding carboxylic acids is 1. The molecule has 7 nitrogen and oxygen atoms in total. The van der Waals surface area contributed by atoms with E-state index < -0.39 is 0 Å². The Morgan fingerprint density at radius 1 is 1.09 bits per heavy atom. The van der Waals surface area contributed by atoms with E-state index in [4.69, 9.17) is 0 Å². The molecular weight excluding hydrogens is 439 g/mol. The van der Waals surface area contributed by atoms with Crippen LogP contribution < -0.4 is 10.6 Å². The average molecular weight is 465 g/mol. The van der Waals surface area contributed by atoms with Crippen LogP contribution in [-0.2, 0) is 0 Å². The van der Waals surface area contributed by atoms with Crippen LogP contribution in [-0.4, -0.2) is 39.4 Å². The molecule has 0 saturated heterocycles. The summed E-state index contributed by atoms with van der Waals surface area (Å²) in [6, 6.07) is 10.3. The number of rotatable bonds is 6. The molecule has 0 saturated carbocycles. The standard InChI is InChI=1S/C24H23FN6O.H2S/c1-14(11-29-21-10-20(30-13-31-21)16-5-4-15(2)28-12-16)22-19(25)7-6-17-18(24(32)26-3)8-9-27-23(17)22;/h4-10,12-14H,11H2,1-3H3,(H,26,32)(H,29,30,31);1H2/t14-;/m1./s1. The minimum Gasteiger partial charge on any atom is -0.369 e. The van der Waals surface area contributed by atoms with E-state index in [1.165, 1.54) is 18.6 Å². The van der Waals surface area contributed by atoms with Gasteiger partial charge in [-0.1, -0.05) is 6.92 Å². The molecule has 0 bridgehead atoms. The van der Waals surface area contributed by atoms with Crippen LogP contribution in [0.1, 0.15) is 34.5 Å². The number of halogens is 1. The highest BCUT2D eigenvalue weighted by Gasteiger charge is 2.19. The fraction of sp³-hybridized carbons (Fsp3) is 0.208. The lowest BCUT2D eigenvalue weighted by molar-refractivity contribution is 0.0964. The SMILES string of the molecule is CNC(=O)c1ccnc2c([C@H](C)CNc3cc(-c4ccc(C)nc4)ncn3)c(F)ccc12.S. The van der Waals surface area contributed by atoms with E-state index in [-0.39, 0.29) is 31.1 Å². The van der Waals surface area contributed by atoms with E-state index in [2.05, 4.69) is 30.6 Å². The van der Waals surface area contributed by atoms with Gasteiger partial charge in [-0.3, -0.25) is 14.8 Å². The highest BCUT2D eigenvalue weighted by atomic mass is 32.1. The van der Waals surface area contributed by atoms with Gasteiger partial charge in [0.25, 0.3) is 5.91 Å². The van der Waals surface area contributed by atoms with Gasteiger partial charge in [0.2, 0.25) is 0 Å². The molecule has 0 aliphatic rings. The largest absolute Gasteiger partial charge is 0.369 e. The summed E-state index contributed by atoms with van der Waals surface area (Å²) in [5.74, 6) is -0.199. The third kappa shape index (κ3) is 5.09. The van der Waals surface area contributed by atoms with Crippen LogP contribution in [0.25, 0.3) is 22.2 Å². The topological polar surface area (TPSA) is 92.7 Å². The molecule has 9 heteroatoms. The number of benzene rings is 1. The molecule has 3 heterocycles. The van der Waals surface area contributed by atoms with Crippen LogP contribution >= 0.6 is 13.5 Å². The van der Waals surface area contributed by atoms with Crippen molar-refractivity contribution in [2.24, 2.45) is 0 Å². The van der Waals surface area contributed by atoms with Gasteiger partial charge in [-0.15, -0.1) is 0 Å². The van der Waals surface area contributed by atoms with Crippen molar-refractivity contribution in [2.75, 3.05) is 18.9 Å². The van der Waals surface area contributed by atoms with Crippen LogP contribution in [0.2, 0.25) is 0 Å². The number of pyridine rings is 2. The van der Waals surface area contributed by atoms with E-state index in [9.17, 15) is 9.18 Å². The Bertz CT molecular complexity index is 1280. The maximum atomic E-state index is 14.8. The number of aryl methyl sites for hydroxylation is 1. The number of nitrogens with zero attached hydrogens (tertiary/aromatic N) is 4. The number of fused-ring (bicyclic) bond motifs is 1. The zero-order valence-corrected chi connectivity index (χ0v) is 19.6. The fourth-order valence-electron chi connectivity index (χ4n) is 3.61. The van der Waals surface area contributed by atoms with Crippen LogP contribution in [0.15, 0.2) is 55.1 Å². The van der Waals surface area contributed by atoms with Crippen molar-refractivity contribution >= 4 is 36.1 Å². The first-order chi connectivity index (χ1) is 15.5. The Balaban J connectivity index is 0.00000306. The van der Waals surface area contributed by atoms with E-state index in [0.29, 0.717) is 34.4 Å². The third-order valence-electron chi connectivity index (χ3n) is 5.33. The molecule has 0 spiro atoms. The smallest absolute Gasteiger partial charge is 0.251 e. The predicted octanol–water partition coefficient (Wildman–Crippen LogP) is 4.22. The van der Waals surface area contributed by atoms with Crippen LogP contribution in [0.5, 0.6) is 0 Å². The van der Waals surface area contributed by atoms with Crippen molar-refractivity contribution in [3.05, 3.63) is 77.8 Å². The first-order valence-corrected chi connectivity index (χ1v) is 10.3. The number of hydrogen-bond donors (Lipinski definition) is 2. The van der Waals surface area contributed by atoms with Gasteiger partial charge >= 0.3 is 0 Å². The summed E-state index contributed by atoms with van der Waals surface area (Å²) in [6.07, 6.45) is 4.78. The minimum absolute atomic E-state index is 0. The number of carbonyl (C=O) groups is 1. The molecule has 1 aromatic carbocycles. The highest BCUT2D eigenvalue weighted by molar-refractivity contribution is 7.59. The van der Waals surface area contributed by atoms with Crippen LogP contribution in [0.3, 0.4) is 0 Å². The number of hydrogen-bond acceptors (Lipinski definition) is 6. The Labute approximate surface area is 198 Å². The summed E-state index contributed by atoms with van der Waals surface area (Å²) in [5.41, 5.74) is 3.97. The number of amides is 1. The van der Waals surface area contributed by atoms with Crippen molar-refractivity contribution in [1.82, 2.24) is 25.3 Å². The van der Waals surface area contributed by atoms with Gasteiger partial charge in [-0.2, -0.15) is 13.5 Å². The Morgan fingerprint density at radius 3 is 2.64 bits per heavy atom. The van der Waals surface area contributed by atoms with Gasteiger partial charge in [0.1, 0.15) is 18.0 Å². The lowest BCUT2D eigenvalue weighted by Gasteiger charge is -2.17. The Kier molecular flexibility index (Phi) is 7.55. The lowest BCUT2D eigenvalue weighted by Crippen LogP contribution is -2.19. The summed E-state index contributed by atoms with van der Waals surface area (Å²) in [4.78, 5) is 29.5. The second-order valence-electron chi connectivity index (χ2n) is 7.55. The Hall–Kier alpha value is -3.59. The highest BCUT2D eigenvalue weighted by Crippen LogP contribution is 2.29. The monoisotopic (exact) mass is 464 g/mol. The molecule has 0 unspecified atom stereocenters. The second-order valence-corrected chi connectivity index (χ2v) is 7.55. The number of aromatic nitrogens is 4. The van der Waals surface area contributed by atoms with Gasteiger partial charge in [-0.25, -0.2) is 14.4 Å². The van der Waals surface area contributed by atoms with E-state index in [1.54, 1.807) is 25.4 Å². The van der Waals surface area contributed by atoms with Crippen LogP contribution in [0, 0.1) is 12.7 Å². The zero-order valence-electron chi connectivity index (χ0n) is 18.6. The van der Waals surface area contributed by atoms with Crippen molar-refractivity contribution < 1.29 is 9.18 Å². The third-order valence-corrected chi connectivity index (χ3v) is 5.33. The van der Waals surface area contributed by atoms with E-state index in [1.807, 2.05) is 32.0 Å². The predicted molar refractivity (Wildman–Crippen MR) is 132 cm³/mol. The molecule has 4 rings (SSSR count). The molecule has 4 aromatic rings. The van der Waals surface area contributed by atoms with E-state index >= 15 is 0 Å². The molecule has 3 aromatic heterocycles. The normalized spacial score (nSPS) is 11.5. The number of nitrogens with one attached hydrogen (secondary N) is 2. The lowest BCUT2D eigenvalue weighted by atomic mass is 9.95. The molecule has 0 aliphatic heterocycles. The van der Waals surface area contributed by atoms with Crippen molar-refractivity contribution in [3.8, 4) is 11.3 Å². The quantitative estimate of drug-likeness (QED) is 0.444. The maximum absolute atomic E-state index is 14.8. The summed E-state index contributed by atoms with van der Waals surface area (Å²) >= 11 is 0. The maximum Gasteiger partial charge on any atom is 0.251 e. The minimum atomic E-state index is -0.359. The van der Waals surface area contributed by atoms with E-state index in [0.717, 1.165) is 17.0 Å². The summed E-state index contributed by atoms with van der Waals surface area (Å²) < 4.78 is 14.8. The average Bonchev–Trinajstić information content (AvgIpc) is 2.82. The van der Waals surface area contributed by atoms with Gasteiger partial charge < -0.3 is 10.6 Å². The summed E-state index contributed by atoms with van der Waals surface area (Å²) in [5, 5.41) is 6.49. The van der Waals surface area contributed by atoms with Crippen molar-refractivity contribution in [2.45, 2.75) is 19.8 Å². The molecule has 170 valence electrons. The zero-order chi connectivity index (χ0) is 22.7. The summed E-state index contributed by atoms with van der Waals surface area (Å²) in [7, 11) is 1.56. The first kappa shape index (κ1) is 24.1. The summed E-state index contributed by atoms with van der Waals surface area (Å²) in [6.45, 7) is 4.26. The molecule has 0 aliphatic carbocycles. The van der Waals surface area contributed by atoms with Gasteiger partial charge in [-0.05, 0) is 37.3 Å². The van der Waals surface area contributed by atoms with Crippen molar-refractivity contribution in [3.63, 3.8) is 0 Å². The molecule has 0 fully saturated rings. The molecule has 1 atom stereocenters. The first-order valence-electron chi connectivity index (χ1n) is 10.3. The second kappa shape index (κ2) is 10.4. The Morgan fingerprint density at radius 2 is 1.91 bits per heavy atom. The van der Waals surface area contributed by atoms with Crippen LogP contribution in [0.4, 0.5) is 10.2 Å². The molecular formula is C24H25FN6OS. The molecule has 2 N–H and O–H groups in total.